The molecule has 0 unspecified atom stereocenters. The Hall–Kier alpha value is -2.27. The standard InChI is InChI=1S/C18H22N4S/c1-2-19-18(22-11-14-8-10-23-13-14)20-9-7-15-12-21-17-6-4-3-5-16(15)17/h3-6,8,10,12-13,21H,2,7,9,11H2,1H3,(H2,19,20,22). The SMILES string of the molecule is CCNC(=NCc1ccsc1)NCCc1c[nH]c2ccccc12. The molecule has 0 fully saturated rings. The first-order valence-corrected chi connectivity index (χ1v) is 8.89. The summed E-state index contributed by atoms with van der Waals surface area (Å²) < 4.78 is 0. The van der Waals surface area contributed by atoms with Gasteiger partial charge in [0.15, 0.2) is 5.96 Å². The maximum absolute atomic E-state index is 4.63. The van der Waals surface area contributed by atoms with Gasteiger partial charge >= 0.3 is 0 Å². The first-order valence-electron chi connectivity index (χ1n) is 7.95. The molecule has 0 saturated carbocycles. The van der Waals surface area contributed by atoms with Gasteiger partial charge in [0.1, 0.15) is 0 Å². The highest BCUT2D eigenvalue weighted by molar-refractivity contribution is 7.07. The van der Waals surface area contributed by atoms with Crippen LogP contribution in [-0.4, -0.2) is 24.0 Å². The van der Waals surface area contributed by atoms with Crippen molar-refractivity contribution in [2.45, 2.75) is 19.9 Å². The van der Waals surface area contributed by atoms with E-state index in [1.54, 1.807) is 11.3 Å². The maximum atomic E-state index is 4.63. The van der Waals surface area contributed by atoms with Gasteiger partial charge in [0.25, 0.3) is 0 Å². The molecule has 1 aromatic carbocycles. The van der Waals surface area contributed by atoms with Crippen molar-refractivity contribution in [1.29, 1.82) is 0 Å². The summed E-state index contributed by atoms with van der Waals surface area (Å²) in [5.41, 5.74) is 3.78. The van der Waals surface area contributed by atoms with Crippen LogP contribution < -0.4 is 10.6 Å². The minimum absolute atomic E-state index is 0.714. The van der Waals surface area contributed by atoms with Crippen LogP contribution in [-0.2, 0) is 13.0 Å². The molecule has 5 heteroatoms. The van der Waals surface area contributed by atoms with Crippen molar-refractivity contribution in [2.75, 3.05) is 13.1 Å². The Labute approximate surface area is 140 Å². The zero-order valence-electron chi connectivity index (χ0n) is 13.3. The lowest BCUT2D eigenvalue weighted by Crippen LogP contribution is -2.38. The minimum Gasteiger partial charge on any atom is -0.361 e. The lowest BCUT2D eigenvalue weighted by molar-refractivity contribution is 0.802. The van der Waals surface area contributed by atoms with E-state index in [0.717, 1.165) is 25.5 Å². The Morgan fingerprint density at radius 3 is 2.96 bits per heavy atom. The van der Waals surface area contributed by atoms with E-state index >= 15 is 0 Å². The van der Waals surface area contributed by atoms with Crippen LogP contribution in [0.3, 0.4) is 0 Å². The number of nitrogens with one attached hydrogen (secondary N) is 3. The lowest BCUT2D eigenvalue weighted by Gasteiger charge is -2.10. The van der Waals surface area contributed by atoms with Crippen molar-refractivity contribution < 1.29 is 0 Å². The van der Waals surface area contributed by atoms with E-state index in [1.807, 2.05) is 0 Å². The van der Waals surface area contributed by atoms with Crippen molar-refractivity contribution in [3.63, 3.8) is 0 Å². The third-order valence-corrected chi connectivity index (χ3v) is 4.44. The highest BCUT2D eigenvalue weighted by Gasteiger charge is 2.03. The van der Waals surface area contributed by atoms with Crippen LogP contribution in [0.1, 0.15) is 18.1 Å². The Morgan fingerprint density at radius 1 is 1.22 bits per heavy atom. The summed E-state index contributed by atoms with van der Waals surface area (Å²) in [5, 5.41) is 12.2. The number of H-pyrrole nitrogens is 1. The molecule has 0 radical (unpaired) electrons. The fourth-order valence-corrected chi connectivity index (χ4v) is 3.21. The van der Waals surface area contributed by atoms with Crippen LogP contribution in [0.2, 0.25) is 0 Å². The zero-order valence-corrected chi connectivity index (χ0v) is 14.1. The number of aromatic nitrogens is 1. The predicted molar refractivity (Wildman–Crippen MR) is 99.1 cm³/mol. The van der Waals surface area contributed by atoms with Gasteiger partial charge in [-0.25, -0.2) is 4.99 Å². The summed E-state index contributed by atoms with van der Waals surface area (Å²) >= 11 is 1.71. The smallest absolute Gasteiger partial charge is 0.191 e. The largest absolute Gasteiger partial charge is 0.361 e. The highest BCUT2D eigenvalue weighted by atomic mass is 32.1. The number of para-hydroxylation sites is 1. The third-order valence-electron chi connectivity index (χ3n) is 3.71. The number of nitrogens with zero attached hydrogens (tertiary/aromatic N) is 1. The topological polar surface area (TPSA) is 52.2 Å². The number of hydrogen-bond acceptors (Lipinski definition) is 2. The number of benzene rings is 1. The quantitative estimate of drug-likeness (QED) is 0.479. The van der Waals surface area contributed by atoms with Crippen molar-refractivity contribution in [1.82, 2.24) is 15.6 Å². The summed E-state index contributed by atoms with van der Waals surface area (Å²) in [4.78, 5) is 7.95. The Kier molecular flexibility index (Phi) is 5.32. The number of guanidine groups is 1. The average molecular weight is 326 g/mol. The van der Waals surface area contributed by atoms with Crippen LogP contribution in [0.15, 0.2) is 52.3 Å². The molecule has 0 spiro atoms. The fraction of sp³-hybridized carbons (Fsp3) is 0.278. The molecule has 2 aromatic heterocycles. The van der Waals surface area contributed by atoms with Gasteiger partial charge in [0.05, 0.1) is 6.54 Å². The van der Waals surface area contributed by atoms with Crippen LogP contribution in [0.4, 0.5) is 0 Å². The minimum atomic E-state index is 0.714. The number of rotatable bonds is 6. The molecule has 0 atom stereocenters. The second-order valence-electron chi connectivity index (χ2n) is 5.36. The van der Waals surface area contributed by atoms with Gasteiger partial charge in [-0.3, -0.25) is 0 Å². The molecule has 3 N–H and O–H groups in total. The van der Waals surface area contributed by atoms with E-state index in [0.29, 0.717) is 6.54 Å². The van der Waals surface area contributed by atoms with Gasteiger partial charge in [0.2, 0.25) is 0 Å². The predicted octanol–water partition coefficient (Wildman–Crippen LogP) is 3.53. The van der Waals surface area contributed by atoms with E-state index in [1.165, 1.54) is 22.0 Å². The molecule has 120 valence electrons. The van der Waals surface area contributed by atoms with Crippen molar-refractivity contribution in [2.24, 2.45) is 4.99 Å². The maximum Gasteiger partial charge on any atom is 0.191 e. The van der Waals surface area contributed by atoms with Crippen LogP contribution in [0.25, 0.3) is 10.9 Å². The van der Waals surface area contributed by atoms with Crippen LogP contribution in [0.5, 0.6) is 0 Å². The van der Waals surface area contributed by atoms with E-state index in [4.69, 9.17) is 0 Å². The van der Waals surface area contributed by atoms with E-state index < -0.39 is 0 Å². The lowest BCUT2D eigenvalue weighted by atomic mass is 10.1. The first kappa shape index (κ1) is 15.6. The molecular formula is C18H22N4S. The van der Waals surface area contributed by atoms with Crippen LogP contribution >= 0.6 is 11.3 Å². The summed E-state index contributed by atoms with van der Waals surface area (Å²) in [7, 11) is 0. The summed E-state index contributed by atoms with van der Waals surface area (Å²) in [6.07, 6.45) is 3.06. The number of hydrogen-bond donors (Lipinski definition) is 3. The van der Waals surface area contributed by atoms with Crippen molar-refractivity contribution in [3.8, 4) is 0 Å². The molecule has 3 rings (SSSR count). The molecule has 0 aliphatic heterocycles. The van der Waals surface area contributed by atoms with E-state index in [9.17, 15) is 0 Å². The molecule has 4 nitrogen and oxygen atoms in total. The second-order valence-corrected chi connectivity index (χ2v) is 6.14. The monoisotopic (exact) mass is 326 g/mol. The molecule has 0 aliphatic carbocycles. The number of thiophene rings is 1. The van der Waals surface area contributed by atoms with Gasteiger partial charge in [0, 0.05) is 30.2 Å². The summed E-state index contributed by atoms with van der Waals surface area (Å²) in [6.45, 7) is 4.52. The third kappa shape index (κ3) is 4.13. The van der Waals surface area contributed by atoms with Crippen LogP contribution in [0, 0.1) is 0 Å². The normalized spacial score (nSPS) is 11.8. The van der Waals surface area contributed by atoms with E-state index in [-0.39, 0.29) is 0 Å². The molecule has 3 aromatic rings. The Balaban J connectivity index is 1.57. The molecule has 0 saturated heterocycles. The van der Waals surface area contributed by atoms with Crippen molar-refractivity contribution >= 4 is 28.2 Å². The van der Waals surface area contributed by atoms with Gasteiger partial charge in [-0.1, -0.05) is 18.2 Å². The number of fused-ring (bicyclic) bond motifs is 1. The molecule has 0 aliphatic rings. The average Bonchev–Trinajstić information content (AvgIpc) is 3.22. The van der Waals surface area contributed by atoms with Gasteiger partial charge in [-0.15, -0.1) is 0 Å². The number of aliphatic imine (C=N–C) groups is 1. The molecule has 2 heterocycles. The van der Waals surface area contributed by atoms with E-state index in [2.05, 4.69) is 74.8 Å². The van der Waals surface area contributed by atoms with Gasteiger partial charge < -0.3 is 15.6 Å². The molecule has 0 bridgehead atoms. The summed E-state index contributed by atoms with van der Waals surface area (Å²) in [5.74, 6) is 0.874. The molecule has 23 heavy (non-hydrogen) atoms. The Morgan fingerprint density at radius 2 is 2.13 bits per heavy atom. The number of aromatic amines is 1. The highest BCUT2D eigenvalue weighted by Crippen LogP contribution is 2.17. The van der Waals surface area contributed by atoms with Gasteiger partial charge in [-0.2, -0.15) is 11.3 Å². The first-order chi connectivity index (χ1) is 11.4. The molecular weight excluding hydrogens is 304 g/mol. The molecule has 0 amide bonds. The Bertz CT molecular complexity index is 758. The van der Waals surface area contributed by atoms with Gasteiger partial charge in [-0.05, 0) is 47.4 Å². The zero-order chi connectivity index (χ0) is 15.9. The van der Waals surface area contributed by atoms with Crippen molar-refractivity contribution in [3.05, 3.63) is 58.4 Å². The second kappa shape index (κ2) is 7.83. The summed E-state index contributed by atoms with van der Waals surface area (Å²) in [6, 6.07) is 10.5. The fourth-order valence-electron chi connectivity index (χ4n) is 2.55.